The summed E-state index contributed by atoms with van der Waals surface area (Å²) in [6, 6.07) is 7.51. The first kappa shape index (κ1) is 22.7. The van der Waals surface area contributed by atoms with Crippen LogP contribution in [0.15, 0.2) is 35.8 Å². The first-order chi connectivity index (χ1) is 14.3. The summed E-state index contributed by atoms with van der Waals surface area (Å²) in [5.74, 6) is 0.793. The van der Waals surface area contributed by atoms with Gasteiger partial charge in [0, 0.05) is 26.2 Å². The molecule has 7 nitrogen and oxygen atoms in total. The third-order valence-corrected chi connectivity index (χ3v) is 5.71. The van der Waals surface area contributed by atoms with E-state index in [9.17, 15) is 9.90 Å². The first-order valence-corrected chi connectivity index (χ1v) is 11.3. The molecule has 3 heterocycles. The Morgan fingerprint density at radius 3 is 2.77 bits per heavy atom. The molecule has 3 rings (SSSR count). The van der Waals surface area contributed by atoms with E-state index in [4.69, 9.17) is 4.74 Å². The summed E-state index contributed by atoms with van der Waals surface area (Å²) in [5.41, 5.74) is 0.452. The minimum absolute atomic E-state index is 0.112. The van der Waals surface area contributed by atoms with E-state index >= 15 is 0 Å². The van der Waals surface area contributed by atoms with E-state index < -0.39 is 6.10 Å². The van der Waals surface area contributed by atoms with Crippen LogP contribution < -0.4 is 10.2 Å². The van der Waals surface area contributed by atoms with Gasteiger partial charge < -0.3 is 20.1 Å². The van der Waals surface area contributed by atoms with Crippen LogP contribution in [0.4, 0.5) is 11.5 Å². The van der Waals surface area contributed by atoms with Crippen molar-refractivity contribution >= 4 is 28.7 Å². The summed E-state index contributed by atoms with van der Waals surface area (Å²) < 4.78 is 5.69. The van der Waals surface area contributed by atoms with Gasteiger partial charge in [-0.15, -0.1) is 11.3 Å². The number of amides is 1. The van der Waals surface area contributed by atoms with Gasteiger partial charge in [-0.3, -0.25) is 9.69 Å². The zero-order valence-electron chi connectivity index (χ0n) is 18.0. The second-order valence-electron chi connectivity index (χ2n) is 8.55. The van der Waals surface area contributed by atoms with E-state index in [1.165, 1.54) is 11.3 Å². The fourth-order valence-corrected chi connectivity index (χ4v) is 3.95. The van der Waals surface area contributed by atoms with Crippen molar-refractivity contribution in [1.82, 2.24) is 9.88 Å². The molecule has 1 aliphatic heterocycles. The molecule has 2 aromatic rings. The van der Waals surface area contributed by atoms with E-state index in [-0.39, 0.29) is 11.5 Å². The Balaban J connectivity index is 1.48. The van der Waals surface area contributed by atoms with Crippen LogP contribution in [0.25, 0.3) is 0 Å². The van der Waals surface area contributed by atoms with Crippen LogP contribution >= 0.6 is 11.3 Å². The third-order valence-electron chi connectivity index (χ3n) is 4.84. The van der Waals surface area contributed by atoms with Crippen molar-refractivity contribution < 1.29 is 14.6 Å². The molecule has 0 saturated carbocycles. The van der Waals surface area contributed by atoms with E-state index in [2.05, 4.69) is 20.1 Å². The maximum Gasteiger partial charge on any atom is 0.265 e. The minimum atomic E-state index is -0.486. The molecule has 8 heteroatoms. The zero-order chi connectivity index (χ0) is 21.6. The zero-order valence-corrected chi connectivity index (χ0v) is 18.8. The fraction of sp³-hybridized carbons (Fsp3) is 0.545. The molecule has 164 valence electrons. The lowest BCUT2D eigenvalue weighted by molar-refractivity contribution is -0.0557. The number of rotatable bonds is 7. The second kappa shape index (κ2) is 10.3. The highest BCUT2D eigenvalue weighted by molar-refractivity contribution is 7.12. The number of hydrogen-bond acceptors (Lipinski definition) is 7. The van der Waals surface area contributed by atoms with Crippen molar-refractivity contribution in [2.75, 3.05) is 49.5 Å². The maximum atomic E-state index is 12.2. The topological polar surface area (TPSA) is 77.9 Å². The molecule has 1 fully saturated rings. The number of ether oxygens (including phenoxy) is 1. The van der Waals surface area contributed by atoms with Crippen LogP contribution in [0, 0.1) is 0 Å². The van der Waals surface area contributed by atoms with Crippen LogP contribution in [-0.4, -0.2) is 71.9 Å². The number of hydrogen-bond donors (Lipinski definition) is 2. The molecule has 1 saturated heterocycles. The van der Waals surface area contributed by atoms with Crippen molar-refractivity contribution in [3.05, 3.63) is 40.7 Å². The number of pyridine rings is 1. The molecule has 2 aromatic heterocycles. The van der Waals surface area contributed by atoms with Crippen molar-refractivity contribution in [1.29, 1.82) is 0 Å². The van der Waals surface area contributed by atoms with E-state index in [1.807, 2.05) is 44.4 Å². The predicted octanol–water partition coefficient (Wildman–Crippen LogP) is 3.08. The Hall–Kier alpha value is -2.00. The molecule has 1 aliphatic rings. The van der Waals surface area contributed by atoms with Crippen molar-refractivity contribution in [2.24, 2.45) is 0 Å². The Morgan fingerprint density at radius 1 is 1.27 bits per heavy atom. The lowest BCUT2D eigenvalue weighted by Gasteiger charge is -2.26. The highest BCUT2D eigenvalue weighted by Gasteiger charge is 2.20. The number of anilines is 2. The number of carbonyl (C=O) groups excluding carboxylic acids is 1. The van der Waals surface area contributed by atoms with Crippen molar-refractivity contribution in [3.8, 4) is 0 Å². The lowest BCUT2D eigenvalue weighted by atomic mass is 10.2. The molecule has 1 atom stereocenters. The average Bonchev–Trinajstić information content (AvgIpc) is 3.14. The first-order valence-electron chi connectivity index (χ1n) is 10.4. The number of thiophene rings is 1. The molecule has 2 N–H and O–H groups in total. The molecule has 0 bridgehead atoms. The Labute approximate surface area is 182 Å². The van der Waals surface area contributed by atoms with Gasteiger partial charge in [-0.25, -0.2) is 4.98 Å². The number of aliphatic hydroxyl groups excluding tert-OH is 1. The smallest absolute Gasteiger partial charge is 0.265 e. The van der Waals surface area contributed by atoms with Crippen molar-refractivity contribution in [2.45, 2.75) is 38.9 Å². The summed E-state index contributed by atoms with van der Waals surface area (Å²) in [5, 5.41) is 15.0. The summed E-state index contributed by atoms with van der Waals surface area (Å²) in [4.78, 5) is 21.9. The van der Waals surface area contributed by atoms with Gasteiger partial charge in [0.25, 0.3) is 5.91 Å². The molecular formula is C22H32N4O3S. The summed E-state index contributed by atoms with van der Waals surface area (Å²) >= 11 is 1.42. The van der Waals surface area contributed by atoms with Gasteiger partial charge in [-0.05, 0) is 57.3 Å². The van der Waals surface area contributed by atoms with Gasteiger partial charge in [0.1, 0.15) is 5.82 Å². The number of aliphatic hydroxyl groups is 1. The van der Waals surface area contributed by atoms with Crippen LogP contribution in [0.1, 0.15) is 36.9 Å². The molecule has 1 unspecified atom stereocenters. The van der Waals surface area contributed by atoms with Gasteiger partial charge in [0.2, 0.25) is 0 Å². The quantitative estimate of drug-likeness (QED) is 0.700. The number of β-amino-alcohol motifs (C(OH)–C–C–N with tert-alkyl or cyclic N) is 1. The predicted molar refractivity (Wildman–Crippen MR) is 121 cm³/mol. The number of carbonyl (C=O) groups is 1. The Kier molecular flexibility index (Phi) is 7.82. The summed E-state index contributed by atoms with van der Waals surface area (Å²) in [6.07, 6.45) is 2.22. The molecular weight excluding hydrogens is 400 g/mol. The van der Waals surface area contributed by atoms with Crippen LogP contribution in [0.5, 0.6) is 0 Å². The highest BCUT2D eigenvalue weighted by Crippen LogP contribution is 2.18. The molecule has 0 radical (unpaired) electrons. The molecule has 30 heavy (non-hydrogen) atoms. The highest BCUT2D eigenvalue weighted by atomic mass is 32.1. The average molecular weight is 433 g/mol. The maximum absolute atomic E-state index is 12.2. The van der Waals surface area contributed by atoms with Gasteiger partial charge >= 0.3 is 0 Å². The van der Waals surface area contributed by atoms with Gasteiger partial charge in [0.15, 0.2) is 0 Å². The van der Waals surface area contributed by atoms with Crippen LogP contribution in [0.2, 0.25) is 0 Å². The van der Waals surface area contributed by atoms with Gasteiger partial charge in [-0.2, -0.15) is 0 Å². The monoisotopic (exact) mass is 432 g/mol. The van der Waals surface area contributed by atoms with Gasteiger partial charge in [0.05, 0.1) is 35.1 Å². The number of aromatic nitrogens is 1. The molecule has 0 spiro atoms. The molecule has 0 aromatic carbocycles. The second-order valence-corrected chi connectivity index (χ2v) is 9.50. The standard InChI is InChI=1S/C22H32N4O3S/c1-22(2,3)29-16-18(27)15-25-9-5-10-26(12-11-25)20-8-7-17(14-23-20)24-21(28)19-6-4-13-30-19/h4,6-8,13-14,18,27H,5,9-12,15-16H2,1-3H3,(H,24,28). The van der Waals surface area contributed by atoms with Gasteiger partial charge in [-0.1, -0.05) is 6.07 Å². The van der Waals surface area contributed by atoms with E-state index in [1.54, 1.807) is 12.3 Å². The van der Waals surface area contributed by atoms with Crippen LogP contribution in [0.3, 0.4) is 0 Å². The molecule has 1 amide bonds. The number of nitrogens with zero attached hydrogens (tertiary/aromatic N) is 3. The normalized spacial score (nSPS) is 16.9. The SMILES string of the molecule is CC(C)(C)OCC(O)CN1CCCN(c2ccc(NC(=O)c3cccs3)cn2)CC1. The van der Waals surface area contributed by atoms with E-state index in [0.717, 1.165) is 38.4 Å². The Bertz CT molecular complexity index is 790. The summed E-state index contributed by atoms with van der Waals surface area (Å²) in [6.45, 7) is 10.5. The van der Waals surface area contributed by atoms with Crippen LogP contribution in [-0.2, 0) is 4.74 Å². The lowest BCUT2D eigenvalue weighted by Crippen LogP contribution is -2.39. The van der Waals surface area contributed by atoms with Crippen molar-refractivity contribution in [3.63, 3.8) is 0 Å². The fourth-order valence-electron chi connectivity index (χ4n) is 3.33. The minimum Gasteiger partial charge on any atom is -0.389 e. The Morgan fingerprint density at radius 2 is 2.10 bits per heavy atom. The largest absolute Gasteiger partial charge is 0.389 e. The molecule has 0 aliphatic carbocycles. The number of nitrogens with one attached hydrogen (secondary N) is 1. The summed E-state index contributed by atoms with van der Waals surface area (Å²) in [7, 11) is 0. The van der Waals surface area contributed by atoms with E-state index in [0.29, 0.717) is 23.7 Å². The third kappa shape index (κ3) is 7.05.